The first-order chi connectivity index (χ1) is 9.47. The first-order valence-corrected chi connectivity index (χ1v) is 8.62. The molecular formula is C10H18N3O5PS. The summed E-state index contributed by atoms with van der Waals surface area (Å²) in [6.45, 7) is 0. The number of nitrogens with one attached hydrogen (secondary N) is 2. The summed E-state index contributed by atoms with van der Waals surface area (Å²) in [7, 11) is -2.17. The second-order valence-corrected chi connectivity index (χ2v) is 6.88. The molecule has 0 aromatic rings. The number of carboxylic acids is 1. The van der Waals surface area contributed by atoms with Gasteiger partial charge in [-0.15, -0.1) is 0 Å². The van der Waals surface area contributed by atoms with E-state index < -0.39 is 20.6 Å². The monoisotopic (exact) mass is 323 g/mol. The molecule has 0 bridgehead atoms. The van der Waals surface area contributed by atoms with E-state index in [2.05, 4.69) is 10.6 Å². The lowest BCUT2D eigenvalue weighted by Gasteiger charge is -2.18. The second kappa shape index (κ2) is 6.91. The highest BCUT2D eigenvalue weighted by Gasteiger charge is 2.42. The molecule has 0 radical (unpaired) electrons. The third-order valence-corrected chi connectivity index (χ3v) is 5.38. The van der Waals surface area contributed by atoms with Gasteiger partial charge in [-0.25, -0.2) is 9.59 Å². The van der Waals surface area contributed by atoms with Crippen LogP contribution in [0.2, 0.25) is 0 Å². The van der Waals surface area contributed by atoms with Crippen LogP contribution in [0.15, 0.2) is 0 Å². The molecule has 2 aliphatic rings. The number of carbonyl (C=O) groups excluding carboxylic acids is 1. The summed E-state index contributed by atoms with van der Waals surface area (Å²) in [5, 5.41) is 15.0. The third-order valence-electron chi connectivity index (χ3n) is 3.40. The van der Waals surface area contributed by atoms with E-state index >= 15 is 0 Å². The Labute approximate surface area is 121 Å². The minimum Gasteiger partial charge on any atom is -0.479 e. The lowest BCUT2D eigenvalue weighted by atomic mass is 10.0. The molecule has 0 saturated carbocycles. The molecule has 10 heteroatoms. The number of thioether (sulfide) groups is 1. The van der Waals surface area contributed by atoms with Crippen LogP contribution in [0.1, 0.15) is 19.3 Å². The average molecular weight is 323 g/mol. The van der Waals surface area contributed by atoms with Gasteiger partial charge in [0.05, 0.1) is 12.1 Å². The molecule has 2 rings (SSSR count). The van der Waals surface area contributed by atoms with Crippen molar-refractivity contribution in [3.05, 3.63) is 0 Å². The van der Waals surface area contributed by atoms with Gasteiger partial charge in [0.2, 0.25) is 0 Å². The molecule has 0 aliphatic carbocycles. The first kappa shape index (κ1) is 15.8. The molecule has 114 valence electrons. The zero-order valence-electron chi connectivity index (χ0n) is 10.7. The molecular weight excluding hydrogens is 305 g/mol. The standard InChI is InChI=1S/C10H18N3O5PS/c11-19(17)18-6(9(14)15)2-1-3-7-8-5(4-20-7)12-10(16)13-8/h5-8,17H,1-4,11H2,(H,14,15)(H2,12,13,16)/t5-,6?,7-,8-,19?/m0/s1. The maximum absolute atomic E-state index is 11.2. The van der Waals surface area contributed by atoms with E-state index in [1.54, 1.807) is 11.8 Å². The highest BCUT2D eigenvalue weighted by Crippen LogP contribution is 2.33. The Balaban J connectivity index is 1.75. The number of fused-ring (bicyclic) bond motifs is 1. The third kappa shape index (κ3) is 3.95. The van der Waals surface area contributed by atoms with Crippen molar-refractivity contribution in [2.45, 2.75) is 42.7 Å². The highest BCUT2D eigenvalue weighted by atomic mass is 32.2. The number of urea groups is 1. The second-order valence-electron chi connectivity index (χ2n) is 4.79. The lowest BCUT2D eigenvalue weighted by molar-refractivity contribution is -0.145. The molecule has 2 saturated heterocycles. The predicted octanol–water partition coefficient (Wildman–Crippen LogP) is -0.0302. The fourth-order valence-corrected chi connectivity index (χ4v) is 4.50. The SMILES string of the molecule is NP(O)OC(CCC[C@@H]1SC[C@@H]2NC(=O)N[C@@H]21)C(=O)O. The molecule has 20 heavy (non-hydrogen) atoms. The molecule has 0 aromatic carbocycles. The van der Waals surface area contributed by atoms with Crippen molar-refractivity contribution in [1.29, 1.82) is 0 Å². The summed E-state index contributed by atoms with van der Waals surface area (Å²) < 4.78 is 4.79. The van der Waals surface area contributed by atoms with Crippen LogP contribution in [-0.4, -0.2) is 51.2 Å². The van der Waals surface area contributed by atoms with Gasteiger partial charge in [-0.3, -0.25) is 5.50 Å². The zero-order valence-corrected chi connectivity index (χ0v) is 12.4. The Morgan fingerprint density at radius 1 is 1.60 bits per heavy atom. The van der Waals surface area contributed by atoms with E-state index in [4.69, 9.17) is 20.0 Å². The number of hydrogen-bond acceptors (Lipinski definition) is 6. The fourth-order valence-electron chi connectivity index (χ4n) is 2.50. The number of carbonyl (C=O) groups is 2. The predicted molar refractivity (Wildman–Crippen MR) is 75.2 cm³/mol. The van der Waals surface area contributed by atoms with Crippen molar-refractivity contribution in [1.82, 2.24) is 10.6 Å². The molecule has 0 spiro atoms. The van der Waals surface area contributed by atoms with Gasteiger partial charge in [0.1, 0.15) is 0 Å². The Morgan fingerprint density at radius 2 is 2.35 bits per heavy atom. The van der Waals surface area contributed by atoms with Crippen LogP contribution in [0.3, 0.4) is 0 Å². The van der Waals surface area contributed by atoms with Gasteiger partial charge in [-0.05, 0) is 19.3 Å². The van der Waals surface area contributed by atoms with Gasteiger partial charge in [0.15, 0.2) is 6.10 Å². The van der Waals surface area contributed by atoms with Crippen molar-refractivity contribution >= 4 is 32.3 Å². The molecule has 2 aliphatic heterocycles. The zero-order chi connectivity index (χ0) is 14.7. The van der Waals surface area contributed by atoms with Gasteiger partial charge < -0.3 is 25.2 Å². The molecule has 2 fully saturated rings. The van der Waals surface area contributed by atoms with Crippen LogP contribution >= 0.6 is 20.3 Å². The van der Waals surface area contributed by atoms with Crippen LogP contribution in [0.25, 0.3) is 0 Å². The van der Waals surface area contributed by atoms with Crippen molar-refractivity contribution in [3.63, 3.8) is 0 Å². The minimum absolute atomic E-state index is 0.112. The number of rotatable bonds is 7. The van der Waals surface area contributed by atoms with Crippen LogP contribution in [0.4, 0.5) is 4.79 Å². The Bertz CT molecular complexity index is 386. The summed E-state index contributed by atoms with van der Waals surface area (Å²) in [4.78, 5) is 31.1. The van der Waals surface area contributed by atoms with E-state index in [0.29, 0.717) is 12.8 Å². The quantitative estimate of drug-likeness (QED) is 0.328. The van der Waals surface area contributed by atoms with Gasteiger partial charge in [-0.1, -0.05) is 0 Å². The maximum Gasteiger partial charge on any atom is 0.333 e. The molecule has 2 unspecified atom stereocenters. The normalized spacial score (nSPS) is 31.3. The molecule has 8 nitrogen and oxygen atoms in total. The summed E-state index contributed by atoms with van der Waals surface area (Å²) in [5.74, 6) is -0.248. The minimum atomic E-state index is -2.17. The molecule has 5 atom stereocenters. The van der Waals surface area contributed by atoms with E-state index in [0.717, 1.165) is 12.2 Å². The van der Waals surface area contributed by atoms with E-state index in [1.165, 1.54) is 0 Å². The fraction of sp³-hybridized carbons (Fsp3) is 0.800. The van der Waals surface area contributed by atoms with Crippen molar-refractivity contribution in [3.8, 4) is 0 Å². The van der Waals surface area contributed by atoms with Crippen LogP contribution in [0, 0.1) is 0 Å². The largest absolute Gasteiger partial charge is 0.479 e. The Morgan fingerprint density at radius 3 is 3.00 bits per heavy atom. The average Bonchev–Trinajstić information content (AvgIpc) is 2.87. The van der Waals surface area contributed by atoms with E-state index in [1.807, 2.05) is 0 Å². The van der Waals surface area contributed by atoms with Crippen LogP contribution < -0.4 is 16.1 Å². The van der Waals surface area contributed by atoms with Crippen LogP contribution in [0.5, 0.6) is 0 Å². The van der Waals surface area contributed by atoms with Gasteiger partial charge in [-0.2, -0.15) is 11.8 Å². The lowest BCUT2D eigenvalue weighted by Crippen LogP contribution is -2.37. The Hall–Kier alpha value is -0.600. The van der Waals surface area contributed by atoms with E-state index in [9.17, 15) is 9.59 Å². The van der Waals surface area contributed by atoms with Crippen molar-refractivity contribution in [2.75, 3.05) is 5.75 Å². The van der Waals surface area contributed by atoms with Gasteiger partial charge in [0, 0.05) is 11.0 Å². The number of aliphatic carboxylic acids is 1. The number of nitrogens with two attached hydrogens (primary N) is 1. The molecule has 0 aromatic heterocycles. The number of carboxylic acid groups (broad SMARTS) is 1. The molecule has 6 N–H and O–H groups in total. The molecule has 2 heterocycles. The van der Waals surface area contributed by atoms with Crippen LogP contribution in [-0.2, 0) is 9.32 Å². The van der Waals surface area contributed by atoms with E-state index in [-0.39, 0.29) is 23.4 Å². The van der Waals surface area contributed by atoms with Crippen molar-refractivity contribution in [2.24, 2.45) is 5.50 Å². The highest BCUT2D eigenvalue weighted by molar-refractivity contribution is 8.00. The smallest absolute Gasteiger partial charge is 0.333 e. The topological polar surface area (TPSA) is 134 Å². The number of amides is 2. The van der Waals surface area contributed by atoms with Gasteiger partial charge >= 0.3 is 12.0 Å². The summed E-state index contributed by atoms with van der Waals surface area (Å²) in [6.07, 6.45) is 0.641. The first-order valence-electron chi connectivity index (χ1n) is 6.29. The summed E-state index contributed by atoms with van der Waals surface area (Å²) in [6, 6.07) is 0.144. The number of hydrogen-bond donors (Lipinski definition) is 5. The molecule has 2 amide bonds. The Kier molecular flexibility index (Phi) is 5.45. The van der Waals surface area contributed by atoms with Crippen molar-refractivity contribution < 1.29 is 24.1 Å². The summed E-state index contributed by atoms with van der Waals surface area (Å²) >= 11 is 1.77. The van der Waals surface area contributed by atoms with Gasteiger partial charge in [0.25, 0.3) is 8.53 Å². The maximum atomic E-state index is 11.2. The summed E-state index contributed by atoms with van der Waals surface area (Å²) in [5.41, 5.74) is 5.09.